The van der Waals surface area contributed by atoms with E-state index in [9.17, 15) is 8.42 Å². The Kier molecular flexibility index (Phi) is 5.17. The van der Waals surface area contributed by atoms with Crippen LogP contribution in [0.5, 0.6) is 0 Å². The van der Waals surface area contributed by atoms with Crippen LogP contribution in [0.3, 0.4) is 0 Å². The van der Waals surface area contributed by atoms with Gasteiger partial charge in [-0.15, -0.1) is 0 Å². The second kappa shape index (κ2) is 7.19. The summed E-state index contributed by atoms with van der Waals surface area (Å²) in [6.45, 7) is 3.29. The molecule has 2 aromatic carbocycles. The van der Waals surface area contributed by atoms with Crippen molar-refractivity contribution in [3.05, 3.63) is 58.7 Å². The highest BCUT2D eigenvalue weighted by Crippen LogP contribution is 2.27. The molecule has 1 heterocycles. The number of methoxy groups -OCH3 is 1. The fraction of sp³-hybridized carbons (Fsp3) is 0.222. The lowest BCUT2D eigenvalue weighted by molar-refractivity contribution is 0.188. The molecular formula is C18H19BrN2O3S. The van der Waals surface area contributed by atoms with Gasteiger partial charge in [0.05, 0.1) is 6.61 Å². The molecule has 3 aromatic rings. The normalized spacial score (nSPS) is 11.8. The fourth-order valence-electron chi connectivity index (χ4n) is 2.68. The molecule has 7 heteroatoms. The third-order valence-electron chi connectivity index (χ3n) is 3.94. The van der Waals surface area contributed by atoms with E-state index in [2.05, 4.69) is 25.2 Å². The lowest BCUT2D eigenvalue weighted by Gasteiger charge is -2.11. The van der Waals surface area contributed by atoms with Crippen LogP contribution in [0.1, 0.15) is 5.56 Å². The van der Waals surface area contributed by atoms with Crippen molar-refractivity contribution < 1.29 is 13.2 Å². The van der Waals surface area contributed by atoms with E-state index in [0.717, 1.165) is 23.0 Å². The number of ether oxygens (including phenoxy) is 1. The number of halogens is 1. The number of fused-ring (bicyclic) bond motifs is 1. The molecule has 5 nitrogen and oxygen atoms in total. The molecule has 0 saturated carbocycles. The predicted molar refractivity (Wildman–Crippen MR) is 104 cm³/mol. The number of sulfonamides is 1. The van der Waals surface area contributed by atoms with Gasteiger partial charge in [-0.2, -0.15) is 0 Å². The Bertz CT molecular complexity index is 1010. The smallest absolute Gasteiger partial charge is 0.263 e. The Labute approximate surface area is 155 Å². The van der Waals surface area contributed by atoms with Crippen molar-refractivity contribution >= 4 is 42.5 Å². The van der Waals surface area contributed by atoms with E-state index >= 15 is 0 Å². The van der Waals surface area contributed by atoms with E-state index < -0.39 is 10.0 Å². The molecule has 132 valence electrons. The second-order valence-electron chi connectivity index (χ2n) is 5.81. The number of benzene rings is 2. The molecular weight excluding hydrogens is 404 g/mol. The average Bonchev–Trinajstić information content (AvgIpc) is 2.94. The summed E-state index contributed by atoms with van der Waals surface area (Å²) in [7, 11) is -1.99. The molecule has 0 bridgehead atoms. The van der Waals surface area contributed by atoms with Gasteiger partial charge in [0, 0.05) is 40.9 Å². The van der Waals surface area contributed by atoms with Gasteiger partial charge in [0.15, 0.2) is 0 Å². The fourth-order valence-corrected chi connectivity index (χ4v) is 4.92. The summed E-state index contributed by atoms with van der Waals surface area (Å²) >= 11 is 3.33. The van der Waals surface area contributed by atoms with Crippen LogP contribution in [-0.2, 0) is 21.3 Å². The van der Waals surface area contributed by atoms with Gasteiger partial charge in [0.25, 0.3) is 10.0 Å². The van der Waals surface area contributed by atoms with Gasteiger partial charge in [-0.05, 0) is 64.8 Å². The van der Waals surface area contributed by atoms with Crippen LogP contribution < -0.4 is 4.72 Å². The number of nitrogens with zero attached hydrogens (tertiary/aromatic N) is 1. The van der Waals surface area contributed by atoms with Crippen LogP contribution in [0.15, 0.2) is 58.0 Å². The highest BCUT2D eigenvalue weighted by molar-refractivity contribution is 9.10. The zero-order valence-corrected chi connectivity index (χ0v) is 16.4. The Morgan fingerprint density at radius 2 is 1.96 bits per heavy atom. The maximum absolute atomic E-state index is 12.7. The van der Waals surface area contributed by atoms with Crippen molar-refractivity contribution in [2.75, 3.05) is 18.4 Å². The number of hydrogen-bond acceptors (Lipinski definition) is 3. The number of anilines is 1. The van der Waals surface area contributed by atoms with Crippen LogP contribution in [0.4, 0.5) is 5.69 Å². The standard InChI is InChI=1S/C18H19BrN2O3S/c1-13-3-6-18(16(19)11-13)25(22,23)20-15-4-5-17-14(12-15)7-8-21(17)9-10-24-2/h3-8,11-12,20H,9-10H2,1-2H3. The SMILES string of the molecule is COCCn1ccc2cc(NS(=O)(=O)c3ccc(C)cc3Br)ccc21. The molecule has 1 N–H and O–H groups in total. The van der Waals surface area contributed by atoms with Crippen LogP contribution in [-0.4, -0.2) is 26.7 Å². The van der Waals surface area contributed by atoms with Crippen molar-refractivity contribution in [3.8, 4) is 0 Å². The molecule has 0 saturated heterocycles. The lowest BCUT2D eigenvalue weighted by Crippen LogP contribution is -2.13. The first-order valence-corrected chi connectivity index (χ1v) is 10.0. The van der Waals surface area contributed by atoms with Gasteiger partial charge >= 0.3 is 0 Å². The Balaban J connectivity index is 1.89. The molecule has 0 amide bonds. The highest BCUT2D eigenvalue weighted by atomic mass is 79.9. The zero-order chi connectivity index (χ0) is 18.0. The molecule has 1 aromatic heterocycles. The van der Waals surface area contributed by atoms with Gasteiger partial charge in [-0.1, -0.05) is 6.07 Å². The van der Waals surface area contributed by atoms with Gasteiger partial charge in [0.1, 0.15) is 4.90 Å². The van der Waals surface area contributed by atoms with E-state index in [4.69, 9.17) is 4.74 Å². The van der Waals surface area contributed by atoms with E-state index in [0.29, 0.717) is 16.8 Å². The molecule has 0 atom stereocenters. The van der Waals surface area contributed by atoms with Gasteiger partial charge in [0.2, 0.25) is 0 Å². The molecule has 0 spiro atoms. The summed E-state index contributed by atoms with van der Waals surface area (Å²) in [4.78, 5) is 0.218. The minimum absolute atomic E-state index is 0.218. The number of hydrogen-bond donors (Lipinski definition) is 1. The van der Waals surface area contributed by atoms with E-state index in [-0.39, 0.29) is 4.90 Å². The Hall–Kier alpha value is -1.83. The summed E-state index contributed by atoms with van der Waals surface area (Å²) in [5.74, 6) is 0. The third-order valence-corrected chi connectivity index (χ3v) is 6.29. The summed E-state index contributed by atoms with van der Waals surface area (Å²) in [5, 5.41) is 0.972. The quantitative estimate of drug-likeness (QED) is 0.648. The molecule has 0 radical (unpaired) electrons. The van der Waals surface area contributed by atoms with Crippen molar-refractivity contribution in [1.29, 1.82) is 0 Å². The van der Waals surface area contributed by atoms with Crippen LogP contribution in [0.2, 0.25) is 0 Å². The number of aromatic nitrogens is 1. The summed E-state index contributed by atoms with van der Waals surface area (Å²) in [6, 6.07) is 12.6. The van der Waals surface area contributed by atoms with Crippen molar-refractivity contribution in [1.82, 2.24) is 4.57 Å². The maximum atomic E-state index is 12.7. The summed E-state index contributed by atoms with van der Waals surface area (Å²) in [5.41, 5.74) is 2.56. The monoisotopic (exact) mass is 422 g/mol. The summed E-state index contributed by atoms with van der Waals surface area (Å²) in [6.07, 6.45) is 1.97. The highest BCUT2D eigenvalue weighted by Gasteiger charge is 2.18. The predicted octanol–water partition coefficient (Wildman–Crippen LogP) is 4.16. The van der Waals surface area contributed by atoms with E-state index in [1.54, 1.807) is 31.4 Å². The zero-order valence-electron chi connectivity index (χ0n) is 14.0. The molecule has 0 fully saturated rings. The molecule has 25 heavy (non-hydrogen) atoms. The molecule has 0 unspecified atom stereocenters. The number of nitrogens with one attached hydrogen (secondary N) is 1. The van der Waals surface area contributed by atoms with Crippen molar-refractivity contribution in [2.45, 2.75) is 18.4 Å². The Morgan fingerprint density at radius 1 is 1.16 bits per heavy atom. The van der Waals surface area contributed by atoms with Crippen LogP contribution in [0.25, 0.3) is 10.9 Å². The lowest BCUT2D eigenvalue weighted by atomic mass is 10.2. The first kappa shape index (κ1) is 18.0. The summed E-state index contributed by atoms with van der Waals surface area (Å²) < 4.78 is 35.7. The Morgan fingerprint density at radius 3 is 2.68 bits per heavy atom. The molecule has 0 aliphatic rings. The van der Waals surface area contributed by atoms with Gasteiger partial charge < -0.3 is 9.30 Å². The first-order valence-electron chi connectivity index (χ1n) is 7.77. The maximum Gasteiger partial charge on any atom is 0.263 e. The molecule has 3 rings (SSSR count). The van der Waals surface area contributed by atoms with Crippen molar-refractivity contribution in [3.63, 3.8) is 0 Å². The number of rotatable bonds is 6. The topological polar surface area (TPSA) is 60.3 Å². The molecule has 0 aliphatic carbocycles. The van der Waals surface area contributed by atoms with Crippen LogP contribution in [0, 0.1) is 6.92 Å². The minimum atomic E-state index is -3.66. The largest absolute Gasteiger partial charge is 0.383 e. The van der Waals surface area contributed by atoms with Gasteiger partial charge in [-0.25, -0.2) is 8.42 Å². The first-order chi connectivity index (χ1) is 11.9. The average molecular weight is 423 g/mol. The minimum Gasteiger partial charge on any atom is -0.383 e. The van der Waals surface area contributed by atoms with Crippen LogP contribution >= 0.6 is 15.9 Å². The second-order valence-corrected chi connectivity index (χ2v) is 8.32. The van der Waals surface area contributed by atoms with E-state index in [1.807, 2.05) is 31.3 Å². The van der Waals surface area contributed by atoms with Gasteiger partial charge in [-0.3, -0.25) is 4.72 Å². The van der Waals surface area contributed by atoms with E-state index in [1.165, 1.54) is 0 Å². The third kappa shape index (κ3) is 3.89. The van der Waals surface area contributed by atoms with Crippen molar-refractivity contribution in [2.24, 2.45) is 0 Å². The number of aryl methyl sites for hydroxylation is 1. The molecule has 0 aliphatic heterocycles.